The third-order valence-corrected chi connectivity index (χ3v) is 3.84. The second-order valence-corrected chi connectivity index (χ2v) is 4.51. The van der Waals surface area contributed by atoms with Crippen LogP contribution in [0.3, 0.4) is 0 Å². The van der Waals surface area contributed by atoms with Gasteiger partial charge in [0.1, 0.15) is 0 Å². The van der Waals surface area contributed by atoms with Crippen molar-refractivity contribution < 1.29 is 10.2 Å². The van der Waals surface area contributed by atoms with Crippen LogP contribution in [-0.2, 0) is 0 Å². The maximum atomic E-state index is 9.83. The monoisotopic (exact) mass is 170 g/mol. The van der Waals surface area contributed by atoms with E-state index in [1.165, 1.54) is 19.3 Å². The summed E-state index contributed by atoms with van der Waals surface area (Å²) in [5.41, 5.74) is -0.120. The van der Waals surface area contributed by atoms with Gasteiger partial charge >= 0.3 is 0 Å². The maximum Gasteiger partial charge on any atom is 0.168 e. The second-order valence-electron chi connectivity index (χ2n) is 4.51. The van der Waals surface area contributed by atoms with E-state index in [9.17, 15) is 10.2 Å². The van der Waals surface area contributed by atoms with E-state index in [2.05, 4.69) is 0 Å². The summed E-state index contributed by atoms with van der Waals surface area (Å²) in [5, 5.41) is 19.7. The molecule has 0 bridgehead atoms. The summed E-state index contributed by atoms with van der Waals surface area (Å²) in [6, 6.07) is 0. The first-order valence-corrected chi connectivity index (χ1v) is 5.11. The van der Waals surface area contributed by atoms with E-state index in [4.69, 9.17) is 0 Å². The molecule has 12 heavy (non-hydrogen) atoms. The first-order valence-electron chi connectivity index (χ1n) is 5.11. The van der Waals surface area contributed by atoms with Crippen molar-refractivity contribution in [3.8, 4) is 0 Å². The van der Waals surface area contributed by atoms with Crippen molar-refractivity contribution in [1.82, 2.24) is 0 Å². The molecule has 0 aromatic heterocycles. The average Bonchev–Trinajstić information content (AvgIpc) is 2.30. The molecule has 0 heterocycles. The van der Waals surface area contributed by atoms with Crippen LogP contribution in [0.1, 0.15) is 51.4 Å². The second kappa shape index (κ2) is 2.71. The van der Waals surface area contributed by atoms with E-state index in [1.807, 2.05) is 0 Å². The predicted molar refractivity (Wildman–Crippen MR) is 46.5 cm³/mol. The molecule has 2 rings (SSSR count). The molecule has 0 aliphatic heterocycles. The van der Waals surface area contributed by atoms with Crippen molar-refractivity contribution in [3.63, 3.8) is 0 Å². The molecule has 2 heteroatoms. The van der Waals surface area contributed by atoms with Crippen molar-refractivity contribution >= 4 is 0 Å². The van der Waals surface area contributed by atoms with Crippen LogP contribution in [0.25, 0.3) is 0 Å². The van der Waals surface area contributed by atoms with Gasteiger partial charge in [0.2, 0.25) is 0 Å². The molecule has 2 aliphatic carbocycles. The highest BCUT2D eigenvalue weighted by Gasteiger charge is 2.52. The minimum Gasteiger partial charge on any atom is -0.365 e. The fraction of sp³-hybridized carbons (Fsp3) is 1.00. The van der Waals surface area contributed by atoms with Gasteiger partial charge in [-0.1, -0.05) is 19.3 Å². The molecule has 0 aromatic rings. The fourth-order valence-corrected chi connectivity index (χ4v) is 3.02. The van der Waals surface area contributed by atoms with Gasteiger partial charge in [-0.25, -0.2) is 0 Å². The van der Waals surface area contributed by atoms with Gasteiger partial charge in [0.05, 0.1) is 0 Å². The van der Waals surface area contributed by atoms with Crippen molar-refractivity contribution in [3.05, 3.63) is 0 Å². The molecule has 0 aromatic carbocycles. The zero-order chi connectivity index (χ0) is 8.66. The quantitative estimate of drug-likeness (QED) is 0.544. The van der Waals surface area contributed by atoms with E-state index in [0.717, 1.165) is 25.7 Å². The fourth-order valence-electron chi connectivity index (χ4n) is 3.02. The summed E-state index contributed by atoms with van der Waals surface area (Å²) in [7, 11) is 0. The van der Waals surface area contributed by atoms with E-state index >= 15 is 0 Å². The van der Waals surface area contributed by atoms with Gasteiger partial charge in [0.15, 0.2) is 5.79 Å². The lowest BCUT2D eigenvalue weighted by Crippen LogP contribution is -2.44. The largest absolute Gasteiger partial charge is 0.365 e. The molecule has 2 N–H and O–H groups in total. The SMILES string of the molecule is OC1(O)CCCC12CCCCC2. The zero-order valence-electron chi connectivity index (χ0n) is 7.55. The molecule has 0 atom stereocenters. The van der Waals surface area contributed by atoms with Crippen molar-refractivity contribution in [2.24, 2.45) is 5.41 Å². The van der Waals surface area contributed by atoms with Crippen molar-refractivity contribution in [1.29, 1.82) is 0 Å². The van der Waals surface area contributed by atoms with Crippen LogP contribution >= 0.6 is 0 Å². The number of hydrogen-bond donors (Lipinski definition) is 2. The van der Waals surface area contributed by atoms with E-state index < -0.39 is 5.79 Å². The Morgan fingerprint density at radius 2 is 1.25 bits per heavy atom. The lowest BCUT2D eigenvalue weighted by molar-refractivity contribution is -0.234. The van der Waals surface area contributed by atoms with Crippen LogP contribution in [-0.4, -0.2) is 16.0 Å². The highest BCUT2D eigenvalue weighted by Crippen LogP contribution is 2.53. The molecular formula is C10H18O2. The molecule has 0 amide bonds. The number of aliphatic hydroxyl groups is 2. The Balaban J connectivity index is 2.17. The van der Waals surface area contributed by atoms with Crippen molar-refractivity contribution in [2.75, 3.05) is 0 Å². The first-order chi connectivity index (χ1) is 5.66. The summed E-state index contributed by atoms with van der Waals surface area (Å²) in [6.45, 7) is 0. The topological polar surface area (TPSA) is 40.5 Å². The van der Waals surface area contributed by atoms with Gasteiger partial charge in [-0.05, 0) is 25.7 Å². The van der Waals surface area contributed by atoms with Crippen LogP contribution in [0.5, 0.6) is 0 Å². The lowest BCUT2D eigenvalue weighted by Gasteiger charge is -2.41. The highest BCUT2D eigenvalue weighted by molar-refractivity contribution is 4.98. The van der Waals surface area contributed by atoms with Crippen molar-refractivity contribution in [2.45, 2.75) is 57.2 Å². The Morgan fingerprint density at radius 3 is 1.75 bits per heavy atom. The molecule has 2 aliphatic rings. The molecule has 2 nitrogen and oxygen atoms in total. The summed E-state index contributed by atoms with van der Waals surface area (Å²) in [6.07, 6.45) is 8.31. The normalized spacial score (nSPS) is 32.5. The van der Waals surface area contributed by atoms with Gasteiger partial charge in [0.25, 0.3) is 0 Å². The van der Waals surface area contributed by atoms with Gasteiger partial charge < -0.3 is 10.2 Å². The van der Waals surface area contributed by atoms with Crippen LogP contribution < -0.4 is 0 Å². The summed E-state index contributed by atoms with van der Waals surface area (Å²) < 4.78 is 0. The Morgan fingerprint density at radius 1 is 0.667 bits per heavy atom. The summed E-state index contributed by atoms with van der Waals surface area (Å²) in [5.74, 6) is -1.34. The Hall–Kier alpha value is -0.0800. The van der Waals surface area contributed by atoms with Gasteiger partial charge in [-0.3, -0.25) is 0 Å². The number of hydrogen-bond acceptors (Lipinski definition) is 2. The molecule has 2 saturated carbocycles. The summed E-state index contributed by atoms with van der Waals surface area (Å²) in [4.78, 5) is 0. The molecule has 0 radical (unpaired) electrons. The molecule has 2 fully saturated rings. The van der Waals surface area contributed by atoms with E-state index in [-0.39, 0.29) is 5.41 Å². The summed E-state index contributed by atoms with van der Waals surface area (Å²) >= 11 is 0. The highest BCUT2D eigenvalue weighted by atomic mass is 16.5. The Labute approximate surface area is 73.6 Å². The van der Waals surface area contributed by atoms with Gasteiger partial charge in [0, 0.05) is 11.8 Å². The molecule has 0 unspecified atom stereocenters. The molecule has 1 spiro atoms. The van der Waals surface area contributed by atoms with Crippen LogP contribution in [0.2, 0.25) is 0 Å². The molecule has 0 saturated heterocycles. The Kier molecular flexibility index (Phi) is 1.92. The van der Waals surface area contributed by atoms with E-state index in [1.54, 1.807) is 0 Å². The first kappa shape index (κ1) is 8.52. The third kappa shape index (κ3) is 1.09. The third-order valence-electron chi connectivity index (χ3n) is 3.84. The van der Waals surface area contributed by atoms with Gasteiger partial charge in [-0.15, -0.1) is 0 Å². The standard InChI is InChI=1S/C10H18O2/c11-10(12)8-4-7-9(10)5-2-1-3-6-9/h11-12H,1-8H2. The number of rotatable bonds is 0. The maximum absolute atomic E-state index is 9.83. The van der Waals surface area contributed by atoms with Crippen LogP contribution in [0, 0.1) is 5.41 Å². The average molecular weight is 170 g/mol. The Bertz CT molecular complexity index is 169. The minimum atomic E-state index is -1.34. The predicted octanol–water partition coefficient (Wildman–Crippen LogP) is 1.80. The minimum absolute atomic E-state index is 0.120. The van der Waals surface area contributed by atoms with Crippen LogP contribution in [0.4, 0.5) is 0 Å². The van der Waals surface area contributed by atoms with Gasteiger partial charge in [-0.2, -0.15) is 0 Å². The molecular weight excluding hydrogens is 152 g/mol. The zero-order valence-corrected chi connectivity index (χ0v) is 7.55. The lowest BCUT2D eigenvalue weighted by atomic mass is 9.70. The van der Waals surface area contributed by atoms with E-state index in [0.29, 0.717) is 6.42 Å². The smallest absolute Gasteiger partial charge is 0.168 e. The van der Waals surface area contributed by atoms with Crippen LogP contribution in [0.15, 0.2) is 0 Å². The molecule has 70 valence electrons.